The standard InChI is InChI=1S/C19H16BrNO5/c20-13-5-3-6-14(11-13)25-10-4-9-17(22)26-12-21-18(23)15-7-1-2-8-16(15)19(21)24/h1-3,5-8,11H,4,9-10,12H2. The summed E-state index contributed by atoms with van der Waals surface area (Å²) in [5.41, 5.74) is 0.659. The summed E-state index contributed by atoms with van der Waals surface area (Å²) in [6.07, 6.45) is 0.602. The Bertz CT molecular complexity index is 816. The first kappa shape index (κ1) is 18.1. The number of amides is 2. The molecule has 0 aliphatic carbocycles. The lowest BCUT2D eigenvalue weighted by Crippen LogP contribution is -2.33. The van der Waals surface area contributed by atoms with Crippen molar-refractivity contribution in [1.82, 2.24) is 4.90 Å². The molecule has 0 N–H and O–H groups in total. The van der Waals surface area contributed by atoms with Gasteiger partial charge in [0.2, 0.25) is 0 Å². The lowest BCUT2D eigenvalue weighted by atomic mass is 10.1. The minimum absolute atomic E-state index is 0.136. The van der Waals surface area contributed by atoms with Gasteiger partial charge in [-0.2, -0.15) is 0 Å². The summed E-state index contributed by atoms with van der Waals surface area (Å²) in [7, 11) is 0. The average Bonchev–Trinajstić information content (AvgIpc) is 2.88. The molecule has 1 aliphatic rings. The smallest absolute Gasteiger partial charge is 0.307 e. The van der Waals surface area contributed by atoms with E-state index in [0.717, 1.165) is 9.37 Å². The van der Waals surface area contributed by atoms with Crippen LogP contribution >= 0.6 is 15.9 Å². The molecule has 6 nitrogen and oxygen atoms in total. The molecule has 134 valence electrons. The van der Waals surface area contributed by atoms with Crippen LogP contribution in [0.3, 0.4) is 0 Å². The molecule has 2 aromatic carbocycles. The minimum atomic E-state index is -0.487. The van der Waals surface area contributed by atoms with Crippen molar-refractivity contribution in [1.29, 1.82) is 0 Å². The Morgan fingerprint density at radius 1 is 1.00 bits per heavy atom. The summed E-state index contributed by atoms with van der Waals surface area (Å²) in [6, 6.07) is 13.9. The number of benzene rings is 2. The number of carbonyl (C=O) groups excluding carboxylic acids is 3. The van der Waals surface area contributed by atoms with Crippen LogP contribution in [-0.2, 0) is 9.53 Å². The van der Waals surface area contributed by atoms with Gasteiger partial charge in [0.1, 0.15) is 5.75 Å². The molecule has 1 aliphatic heterocycles. The Morgan fingerprint density at radius 2 is 1.69 bits per heavy atom. The summed E-state index contributed by atoms with van der Waals surface area (Å²) in [4.78, 5) is 37.1. The molecule has 2 amide bonds. The Labute approximate surface area is 158 Å². The number of fused-ring (bicyclic) bond motifs is 1. The zero-order valence-corrected chi connectivity index (χ0v) is 15.4. The van der Waals surface area contributed by atoms with Crippen LogP contribution in [0.2, 0.25) is 0 Å². The Balaban J connectivity index is 1.41. The molecule has 0 saturated carbocycles. The van der Waals surface area contributed by atoms with Gasteiger partial charge in [-0.3, -0.25) is 14.4 Å². The van der Waals surface area contributed by atoms with E-state index < -0.39 is 17.8 Å². The van der Waals surface area contributed by atoms with Crippen molar-refractivity contribution in [2.24, 2.45) is 0 Å². The number of hydrogen-bond donors (Lipinski definition) is 0. The average molecular weight is 418 g/mol. The summed E-state index contributed by atoms with van der Waals surface area (Å²) >= 11 is 3.35. The van der Waals surface area contributed by atoms with Crippen molar-refractivity contribution >= 4 is 33.7 Å². The number of rotatable bonds is 7. The van der Waals surface area contributed by atoms with E-state index in [2.05, 4.69) is 15.9 Å². The van der Waals surface area contributed by atoms with E-state index in [1.54, 1.807) is 24.3 Å². The number of carbonyl (C=O) groups is 3. The monoisotopic (exact) mass is 417 g/mol. The summed E-state index contributed by atoms with van der Waals surface area (Å²) in [5.74, 6) is -0.675. The van der Waals surface area contributed by atoms with Crippen LogP contribution in [-0.4, -0.2) is 36.0 Å². The van der Waals surface area contributed by atoms with E-state index >= 15 is 0 Å². The molecule has 0 radical (unpaired) electrons. The van der Waals surface area contributed by atoms with Crippen LogP contribution in [0, 0.1) is 0 Å². The number of hydrogen-bond acceptors (Lipinski definition) is 5. The van der Waals surface area contributed by atoms with Crippen LogP contribution in [0.1, 0.15) is 33.6 Å². The van der Waals surface area contributed by atoms with Crippen LogP contribution in [0.25, 0.3) is 0 Å². The van der Waals surface area contributed by atoms with E-state index in [1.165, 1.54) is 0 Å². The molecule has 0 fully saturated rings. The third-order valence-corrected chi connectivity index (χ3v) is 4.32. The number of esters is 1. The third-order valence-electron chi connectivity index (χ3n) is 3.82. The Kier molecular flexibility index (Phi) is 5.68. The molecule has 0 unspecified atom stereocenters. The molecule has 7 heteroatoms. The number of ether oxygens (including phenoxy) is 2. The predicted molar refractivity (Wildman–Crippen MR) is 96.8 cm³/mol. The Morgan fingerprint density at radius 3 is 2.35 bits per heavy atom. The first-order valence-corrected chi connectivity index (χ1v) is 8.85. The number of imide groups is 1. The van der Waals surface area contributed by atoms with E-state index in [1.807, 2.05) is 24.3 Å². The van der Waals surface area contributed by atoms with Crippen LogP contribution in [0.15, 0.2) is 53.0 Å². The maximum atomic E-state index is 12.2. The van der Waals surface area contributed by atoms with Crippen molar-refractivity contribution < 1.29 is 23.9 Å². The normalized spacial score (nSPS) is 12.9. The molecule has 26 heavy (non-hydrogen) atoms. The highest BCUT2D eigenvalue weighted by atomic mass is 79.9. The number of nitrogens with zero attached hydrogens (tertiary/aromatic N) is 1. The van der Waals surface area contributed by atoms with Gasteiger partial charge in [0.25, 0.3) is 11.8 Å². The fourth-order valence-electron chi connectivity index (χ4n) is 2.53. The van der Waals surface area contributed by atoms with Gasteiger partial charge in [-0.25, -0.2) is 4.90 Å². The Hall–Kier alpha value is -2.67. The minimum Gasteiger partial charge on any atom is -0.494 e. The second-order valence-corrected chi connectivity index (χ2v) is 6.55. The van der Waals surface area contributed by atoms with E-state index in [-0.39, 0.29) is 13.2 Å². The maximum Gasteiger partial charge on any atom is 0.307 e. The van der Waals surface area contributed by atoms with Gasteiger partial charge in [0.15, 0.2) is 6.73 Å². The van der Waals surface area contributed by atoms with Crippen molar-refractivity contribution in [3.8, 4) is 5.75 Å². The molecular formula is C19H16BrNO5. The fourth-order valence-corrected chi connectivity index (χ4v) is 2.91. The van der Waals surface area contributed by atoms with Crippen LogP contribution in [0.5, 0.6) is 5.75 Å². The topological polar surface area (TPSA) is 72.9 Å². The van der Waals surface area contributed by atoms with Gasteiger partial charge in [0.05, 0.1) is 17.7 Å². The second kappa shape index (κ2) is 8.14. The molecule has 0 aromatic heterocycles. The highest BCUT2D eigenvalue weighted by Gasteiger charge is 2.35. The quantitative estimate of drug-likeness (QED) is 0.392. The largest absolute Gasteiger partial charge is 0.494 e. The first-order valence-electron chi connectivity index (χ1n) is 8.05. The first-order chi connectivity index (χ1) is 12.6. The molecule has 0 atom stereocenters. The molecule has 0 spiro atoms. The third kappa shape index (κ3) is 4.11. The molecular weight excluding hydrogens is 402 g/mol. The van der Waals surface area contributed by atoms with E-state index in [4.69, 9.17) is 9.47 Å². The molecule has 3 rings (SSSR count). The molecule has 2 aromatic rings. The van der Waals surface area contributed by atoms with Crippen molar-refractivity contribution in [2.75, 3.05) is 13.3 Å². The summed E-state index contributed by atoms with van der Waals surface area (Å²) in [5, 5.41) is 0. The van der Waals surface area contributed by atoms with E-state index in [0.29, 0.717) is 29.9 Å². The highest BCUT2D eigenvalue weighted by Crippen LogP contribution is 2.22. The van der Waals surface area contributed by atoms with Gasteiger partial charge in [-0.15, -0.1) is 0 Å². The second-order valence-electron chi connectivity index (χ2n) is 5.64. The predicted octanol–water partition coefficient (Wildman–Crippen LogP) is 3.41. The fraction of sp³-hybridized carbons (Fsp3) is 0.211. The van der Waals surface area contributed by atoms with Gasteiger partial charge in [0, 0.05) is 10.9 Å². The van der Waals surface area contributed by atoms with E-state index in [9.17, 15) is 14.4 Å². The van der Waals surface area contributed by atoms with Crippen molar-refractivity contribution in [3.63, 3.8) is 0 Å². The molecule has 0 bridgehead atoms. The number of halogens is 1. The summed E-state index contributed by atoms with van der Waals surface area (Å²) < 4.78 is 11.5. The van der Waals surface area contributed by atoms with Gasteiger partial charge >= 0.3 is 5.97 Å². The van der Waals surface area contributed by atoms with Crippen molar-refractivity contribution in [2.45, 2.75) is 12.8 Å². The highest BCUT2D eigenvalue weighted by molar-refractivity contribution is 9.10. The van der Waals surface area contributed by atoms with Gasteiger partial charge in [-0.05, 0) is 36.8 Å². The zero-order valence-electron chi connectivity index (χ0n) is 13.8. The molecule has 0 saturated heterocycles. The SMILES string of the molecule is O=C(CCCOc1cccc(Br)c1)OCN1C(=O)c2ccccc2C1=O. The van der Waals surface area contributed by atoms with Crippen molar-refractivity contribution in [3.05, 3.63) is 64.1 Å². The van der Waals surface area contributed by atoms with Crippen LogP contribution < -0.4 is 4.74 Å². The molecule has 1 heterocycles. The zero-order chi connectivity index (χ0) is 18.5. The maximum absolute atomic E-state index is 12.2. The lowest BCUT2D eigenvalue weighted by molar-refractivity contribution is -0.146. The summed E-state index contributed by atoms with van der Waals surface area (Å²) in [6.45, 7) is -0.0176. The lowest BCUT2D eigenvalue weighted by Gasteiger charge is -2.14. The van der Waals surface area contributed by atoms with Crippen LogP contribution in [0.4, 0.5) is 0 Å². The van der Waals surface area contributed by atoms with Gasteiger partial charge in [-0.1, -0.05) is 34.1 Å². The van der Waals surface area contributed by atoms with Gasteiger partial charge < -0.3 is 9.47 Å².